The fourth-order valence-corrected chi connectivity index (χ4v) is 2.70. The minimum absolute atomic E-state index is 0.0632. The smallest absolute Gasteiger partial charge is 0.332 e. The van der Waals surface area contributed by atoms with Crippen molar-refractivity contribution in [1.82, 2.24) is 4.98 Å². The molecular formula is C17H20N2O4S. The first kappa shape index (κ1) is 18.1. The molecule has 0 saturated heterocycles. The monoisotopic (exact) mass is 348 g/mol. The van der Waals surface area contributed by atoms with E-state index in [0.717, 1.165) is 11.3 Å². The highest BCUT2D eigenvalue weighted by Crippen LogP contribution is 2.15. The van der Waals surface area contributed by atoms with Crippen molar-refractivity contribution in [1.29, 1.82) is 0 Å². The molecule has 1 amide bonds. The molecule has 0 bridgehead atoms. The zero-order valence-corrected chi connectivity index (χ0v) is 14.5. The van der Waals surface area contributed by atoms with E-state index >= 15 is 0 Å². The molecule has 0 aliphatic rings. The average molecular weight is 348 g/mol. The summed E-state index contributed by atoms with van der Waals surface area (Å²) in [6.07, 6.45) is 0.186. The molecule has 0 spiro atoms. The molecule has 1 N–H and O–H groups in total. The molecule has 0 unspecified atom stereocenters. The van der Waals surface area contributed by atoms with Crippen LogP contribution >= 0.6 is 11.3 Å². The van der Waals surface area contributed by atoms with Crippen molar-refractivity contribution in [3.05, 3.63) is 45.9 Å². The number of aryl methyl sites for hydroxylation is 1. The van der Waals surface area contributed by atoms with Crippen LogP contribution in [0.3, 0.4) is 0 Å². The Labute approximate surface area is 144 Å². The molecule has 0 fully saturated rings. The Kier molecular flexibility index (Phi) is 6.89. The van der Waals surface area contributed by atoms with Crippen LogP contribution in [0, 0.1) is 6.92 Å². The maximum Gasteiger partial charge on any atom is 0.332 e. The van der Waals surface area contributed by atoms with Gasteiger partial charge in [-0.2, -0.15) is 0 Å². The molecule has 0 aliphatic carbocycles. The highest BCUT2D eigenvalue weighted by Gasteiger charge is 2.11. The van der Waals surface area contributed by atoms with Crippen molar-refractivity contribution in [3.63, 3.8) is 0 Å². The van der Waals surface area contributed by atoms with Gasteiger partial charge in [0.15, 0.2) is 0 Å². The van der Waals surface area contributed by atoms with Crippen LogP contribution in [-0.4, -0.2) is 30.1 Å². The topological polar surface area (TPSA) is 77.5 Å². The molecule has 1 aromatic heterocycles. The van der Waals surface area contributed by atoms with Crippen molar-refractivity contribution >= 4 is 28.9 Å². The second-order valence-corrected chi connectivity index (χ2v) is 6.01. The predicted octanol–water partition coefficient (Wildman–Crippen LogP) is 2.71. The number of aromatic nitrogens is 1. The molecule has 1 heterocycles. The van der Waals surface area contributed by atoms with Gasteiger partial charge in [0.05, 0.1) is 12.1 Å². The molecule has 6 nitrogen and oxygen atoms in total. The van der Waals surface area contributed by atoms with Crippen molar-refractivity contribution in [2.75, 3.05) is 18.5 Å². The van der Waals surface area contributed by atoms with E-state index in [1.165, 1.54) is 11.3 Å². The fraction of sp³-hybridized carbons (Fsp3) is 0.353. The maximum absolute atomic E-state index is 12.1. The predicted molar refractivity (Wildman–Crippen MR) is 91.9 cm³/mol. The van der Waals surface area contributed by atoms with Gasteiger partial charge in [0.1, 0.15) is 18.2 Å². The molecule has 0 atom stereocenters. The van der Waals surface area contributed by atoms with Crippen LogP contribution < -0.4 is 5.32 Å². The van der Waals surface area contributed by atoms with Crippen molar-refractivity contribution in [2.45, 2.75) is 26.9 Å². The maximum atomic E-state index is 12.1. The summed E-state index contributed by atoms with van der Waals surface area (Å²) in [6, 6.07) is 7.59. The Morgan fingerprint density at radius 3 is 2.83 bits per heavy atom. The van der Waals surface area contributed by atoms with Crippen molar-refractivity contribution in [2.24, 2.45) is 0 Å². The van der Waals surface area contributed by atoms with Gasteiger partial charge >= 0.3 is 5.97 Å². The number of hydrogen-bond donors (Lipinski definition) is 1. The van der Waals surface area contributed by atoms with Crippen LogP contribution in [0.2, 0.25) is 0 Å². The number of benzene rings is 1. The number of carbonyl (C=O) groups excluding carboxylic acids is 2. The summed E-state index contributed by atoms with van der Waals surface area (Å²) in [5.74, 6) is -0.553. The molecule has 0 aliphatic heterocycles. The van der Waals surface area contributed by atoms with E-state index in [4.69, 9.17) is 9.47 Å². The molecule has 2 aromatic rings. The molecule has 0 radical (unpaired) electrons. The second-order valence-electron chi connectivity index (χ2n) is 5.07. The Morgan fingerprint density at radius 2 is 2.08 bits per heavy atom. The van der Waals surface area contributed by atoms with Crippen LogP contribution in [0.4, 0.5) is 5.69 Å². The highest BCUT2D eigenvalue weighted by molar-refractivity contribution is 7.09. The first-order valence-electron chi connectivity index (χ1n) is 7.60. The minimum atomic E-state index is -0.427. The van der Waals surface area contributed by atoms with Gasteiger partial charge in [-0.25, -0.2) is 9.78 Å². The van der Waals surface area contributed by atoms with Gasteiger partial charge in [-0.1, -0.05) is 18.2 Å². The van der Waals surface area contributed by atoms with Gasteiger partial charge in [-0.3, -0.25) is 4.79 Å². The van der Waals surface area contributed by atoms with Gasteiger partial charge in [0.2, 0.25) is 5.91 Å². The zero-order valence-electron chi connectivity index (χ0n) is 13.7. The van der Waals surface area contributed by atoms with Crippen LogP contribution in [0.25, 0.3) is 0 Å². The van der Waals surface area contributed by atoms with E-state index < -0.39 is 5.97 Å². The Hall–Kier alpha value is -2.25. The van der Waals surface area contributed by atoms with Gasteiger partial charge in [0, 0.05) is 17.7 Å². The molecule has 2 rings (SSSR count). The quantitative estimate of drug-likeness (QED) is 0.742. The number of nitrogens with zero attached hydrogens (tertiary/aromatic N) is 1. The molecule has 7 heteroatoms. The SMILES string of the molecule is CCOCC(=O)OCc1csc(CC(=O)Nc2ccccc2C)n1. The van der Waals surface area contributed by atoms with Crippen LogP contribution in [-0.2, 0) is 32.1 Å². The molecule has 128 valence electrons. The number of ether oxygens (including phenoxy) is 2. The van der Waals surface area contributed by atoms with Gasteiger partial charge < -0.3 is 14.8 Å². The molecule has 24 heavy (non-hydrogen) atoms. The first-order chi connectivity index (χ1) is 11.6. The number of nitrogens with one attached hydrogen (secondary N) is 1. The summed E-state index contributed by atoms with van der Waals surface area (Å²) >= 11 is 1.37. The lowest BCUT2D eigenvalue weighted by Crippen LogP contribution is -2.15. The number of hydrogen-bond acceptors (Lipinski definition) is 6. The summed E-state index contributed by atoms with van der Waals surface area (Å²) in [5, 5.41) is 5.33. The lowest BCUT2D eigenvalue weighted by Gasteiger charge is -2.06. The van der Waals surface area contributed by atoms with E-state index in [1.54, 1.807) is 5.38 Å². The Balaban J connectivity index is 1.81. The van der Waals surface area contributed by atoms with Crippen LogP contribution in [0.5, 0.6) is 0 Å². The third-order valence-corrected chi connectivity index (χ3v) is 4.03. The largest absolute Gasteiger partial charge is 0.457 e. The summed E-state index contributed by atoms with van der Waals surface area (Å²) in [5.41, 5.74) is 2.43. The highest BCUT2D eigenvalue weighted by atomic mass is 32.1. The van der Waals surface area contributed by atoms with E-state index in [0.29, 0.717) is 17.3 Å². The van der Waals surface area contributed by atoms with E-state index in [9.17, 15) is 9.59 Å². The summed E-state index contributed by atoms with van der Waals surface area (Å²) in [7, 11) is 0. The van der Waals surface area contributed by atoms with Crippen molar-refractivity contribution in [3.8, 4) is 0 Å². The minimum Gasteiger partial charge on any atom is -0.457 e. The number of thiazole rings is 1. The van der Waals surface area contributed by atoms with Crippen molar-refractivity contribution < 1.29 is 19.1 Å². The summed E-state index contributed by atoms with van der Waals surface area (Å²) in [4.78, 5) is 27.7. The fourth-order valence-electron chi connectivity index (χ4n) is 1.92. The van der Waals surface area contributed by atoms with E-state index in [2.05, 4.69) is 10.3 Å². The summed E-state index contributed by atoms with van der Waals surface area (Å²) in [6.45, 7) is 4.23. The number of para-hydroxylation sites is 1. The average Bonchev–Trinajstić information content (AvgIpc) is 3.00. The van der Waals surface area contributed by atoms with E-state index in [-0.39, 0.29) is 25.5 Å². The van der Waals surface area contributed by atoms with Gasteiger partial charge in [-0.05, 0) is 25.5 Å². The standard InChI is InChI=1S/C17H20N2O4S/c1-3-22-10-17(21)23-9-13-11-24-16(18-13)8-15(20)19-14-7-5-4-6-12(14)2/h4-7,11H,3,8-10H2,1-2H3,(H,19,20). The van der Waals surface area contributed by atoms with E-state index in [1.807, 2.05) is 38.1 Å². The molecular weight excluding hydrogens is 328 g/mol. The van der Waals surface area contributed by atoms with Crippen LogP contribution in [0.15, 0.2) is 29.6 Å². The Morgan fingerprint density at radius 1 is 1.29 bits per heavy atom. The number of amides is 1. The first-order valence-corrected chi connectivity index (χ1v) is 8.48. The lowest BCUT2D eigenvalue weighted by molar-refractivity contribution is -0.150. The normalized spacial score (nSPS) is 10.4. The van der Waals surface area contributed by atoms with Gasteiger partial charge in [0.25, 0.3) is 0 Å². The second kappa shape index (κ2) is 9.14. The summed E-state index contributed by atoms with van der Waals surface area (Å²) < 4.78 is 10.0. The third-order valence-electron chi connectivity index (χ3n) is 3.14. The third kappa shape index (κ3) is 5.75. The lowest BCUT2D eigenvalue weighted by atomic mass is 10.2. The Bertz CT molecular complexity index is 699. The number of rotatable bonds is 8. The number of anilines is 1. The molecule has 0 saturated carbocycles. The number of carbonyl (C=O) groups is 2. The molecule has 1 aromatic carbocycles. The zero-order chi connectivity index (χ0) is 17.4. The van der Waals surface area contributed by atoms with Gasteiger partial charge in [-0.15, -0.1) is 11.3 Å². The van der Waals surface area contributed by atoms with Crippen LogP contribution in [0.1, 0.15) is 23.2 Å². The number of esters is 1.